The number of aliphatic hydroxyl groups excluding tert-OH is 1. The van der Waals surface area contributed by atoms with E-state index in [2.05, 4.69) is 9.72 Å². The minimum absolute atomic E-state index is 0.271. The van der Waals surface area contributed by atoms with E-state index < -0.39 is 16.4 Å². The molecule has 18 heavy (non-hydrogen) atoms. The summed E-state index contributed by atoms with van der Waals surface area (Å²) >= 11 is 0. The second-order valence-corrected chi connectivity index (χ2v) is 4.89. The molecule has 0 saturated carbocycles. The molecule has 7 nitrogen and oxygen atoms in total. The Morgan fingerprint density at radius 2 is 2.28 bits per heavy atom. The van der Waals surface area contributed by atoms with Gasteiger partial charge in [0.1, 0.15) is 24.6 Å². The summed E-state index contributed by atoms with van der Waals surface area (Å²) in [5.74, 6) is -0.271. The van der Waals surface area contributed by atoms with Crippen LogP contribution in [0, 0.1) is 15.5 Å². The Morgan fingerprint density at radius 1 is 1.67 bits per heavy atom. The molecule has 0 saturated heterocycles. The van der Waals surface area contributed by atoms with Gasteiger partial charge in [-0.25, -0.2) is 4.57 Å². The maximum atomic E-state index is 10.7. The van der Waals surface area contributed by atoms with Crippen LogP contribution in [-0.4, -0.2) is 37.5 Å². The average molecular weight is 258 g/mol. The van der Waals surface area contributed by atoms with E-state index in [0.29, 0.717) is 18.9 Å². The Bertz CT molecular complexity index is 428. The van der Waals surface area contributed by atoms with Gasteiger partial charge in [0.25, 0.3) is 0 Å². The highest BCUT2D eigenvalue weighted by atomic mass is 16.6. The van der Waals surface area contributed by atoms with E-state index in [9.17, 15) is 15.2 Å². The Balaban J connectivity index is 2.96. The minimum atomic E-state index is -0.848. The Hall–Kier alpha value is -1.47. The molecule has 7 heteroatoms. The van der Waals surface area contributed by atoms with E-state index in [-0.39, 0.29) is 5.95 Å². The first-order valence-corrected chi connectivity index (χ1v) is 5.78. The topological polar surface area (TPSA) is 94.0 Å². The van der Waals surface area contributed by atoms with Crippen LogP contribution < -0.4 is 0 Å². The van der Waals surface area contributed by atoms with Crippen molar-refractivity contribution < 1.29 is 14.8 Å². The Labute approximate surface area is 106 Å². The van der Waals surface area contributed by atoms with Crippen LogP contribution in [0.1, 0.15) is 32.6 Å². The lowest BCUT2D eigenvalue weighted by atomic mass is 9.86. The van der Waals surface area contributed by atoms with Gasteiger partial charge in [0.05, 0.1) is 12.5 Å². The summed E-state index contributed by atoms with van der Waals surface area (Å²) in [6.45, 7) is 6.84. The lowest BCUT2D eigenvalue weighted by Crippen LogP contribution is -2.30. The molecule has 102 valence electrons. The number of rotatable bonds is 6. The summed E-state index contributed by atoms with van der Waals surface area (Å²) in [6.07, 6.45) is 0.496. The van der Waals surface area contributed by atoms with Gasteiger partial charge in [-0.3, -0.25) is 0 Å². The highest BCUT2D eigenvalue weighted by Crippen LogP contribution is 2.34. The van der Waals surface area contributed by atoms with Gasteiger partial charge in [-0.2, -0.15) is 0 Å². The molecule has 1 unspecified atom stereocenters. The molecule has 0 fully saturated rings. The van der Waals surface area contributed by atoms with Gasteiger partial charge in [-0.1, -0.05) is 4.98 Å². The molecule has 0 aliphatic rings. The molecule has 0 aliphatic heterocycles. The molecule has 0 bridgehead atoms. The monoisotopic (exact) mass is 258 g/mol. The van der Waals surface area contributed by atoms with Crippen molar-refractivity contribution in [2.75, 3.05) is 13.2 Å². The van der Waals surface area contributed by atoms with Gasteiger partial charge in [0.2, 0.25) is 0 Å². The van der Waals surface area contributed by atoms with Crippen LogP contribution in [0.3, 0.4) is 0 Å². The van der Waals surface area contributed by atoms with E-state index >= 15 is 0 Å². The van der Waals surface area contributed by atoms with Crippen LogP contribution in [0.5, 0.6) is 0 Å². The van der Waals surface area contributed by atoms with Crippen LogP contribution in [-0.2, 0) is 7.05 Å². The zero-order chi connectivity index (χ0) is 13.9. The summed E-state index contributed by atoms with van der Waals surface area (Å²) in [4.78, 5) is 13.8. The van der Waals surface area contributed by atoms with Crippen LogP contribution in [0.4, 0.5) is 5.95 Å². The van der Waals surface area contributed by atoms with Crippen molar-refractivity contribution in [1.29, 1.82) is 0 Å². The minimum Gasteiger partial charge on any atom is -0.433 e. The summed E-state index contributed by atoms with van der Waals surface area (Å²) in [5.41, 5.74) is -0.0597. The van der Waals surface area contributed by atoms with Gasteiger partial charge < -0.3 is 20.0 Å². The number of nitrogens with zero attached hydrogens (tertiary/aromatic N) is 3. The maximum absolute atomic E-state index is 10.7. The predicted octanol–water partition coefficient (Wildman–Crippen LogP) is 0.936. The molecule has 0 spiro atoms. The number of imidazole rings is 1. The fraction of sp³-hybridized carbons (Fsp3) is 0.727. The van der Waals surface area contributed by atoms with Crippen LogP contribution >= 0.6 is 0 Å². The van der Waals surface area contributed by atoms with Crippen molar-refractivity contribution in [3.05, 3.63) is 22.0 Å². The number of aliphatic hydroxyl groups is 3. The highest BCUT2D eigenvalue weighted by molar-refractivity contribution is 5.18. The van der Waals surface area contributed by atoms with Crippen molar-refractivity contribution in [3.8, 4) is 0 Å². The second kappa shape index (κ2) is 5.45. The molecule has 1 atom stereocenters. The fourth-order valence-corrected chi connectivity index (χ4v) is 1.72. The molecule has 1 aromatic heterocycles. The van der Waals surface area contributed by atoms with Gasteiger partial charge in [-0.05, 0) is 18.8 Å². The van der Waals surface area contributed by atoms with Gasteiger partial charge >= 0.3 is 5.95 Å². The number of hydrogen-bond donors (Lipinski definition) is 1. The molecule has 0 aliphatic carbocycles. The van der Waals surface area contributed by atoms with E-state index in [0.717, 1.165) is 0 Å². The van der Waals surface area contributed by atoms with Crippen LogP contribution in [0.25, 0.3) is 0 Å². The third-order valence-electron chi connectivity index (χ3n) is 2.93. The molecule has 0 radical (unpaired) electrons. The Morgan fingerprint density at radius 3 is 2.72 bits per heavy atom. The van der Waals surface area contributed by atoms with E-state index in [1.807, 2.05) is 20.8 Å². The number of hydrogen-bond acceptors (Lipinski definition) is 4. The quantitative estimate of drug-likeness (QED) is 0.466. The normalized spacial score (nSPS) is 13.6. The molecule has 1 rings (SSSR count). The molecular formula is C11H20N3O4+. The highest BCUT2D eigenvalue weighted by Gasteiger charge is 2.37. The zero-order valence-corrected chi connectivity index (χ0v) is 11.1. The smallest absolute Gasteiger partial charge is 0.433 e. The summed E-state index contributed by atoms with van der Waals surface area (Å²) in [5, 5.41) is 21.0. The first kappa shape index (κ1) is 14.6. The summed E-state index contributed by atoms with van der Waals surface area (Å²) < 4.78 is 5.54. The number of aromatic nitrogens is 2. The van der Waals surface area contributed by atoms with E-state index in [1.165, 1.54) is 17.8 Å². The first-order valence-electron chi connectivity index (χ1n) is 5.78. The van der Waals surface area contributed by atoms with Crippen LogP contribution in [0.2, 0.25) is 0 Å². The standard InChI is InChI=1S/C11H19N3O4/c1-5-18-7-11(2,3)9(15)8-6-12-10(13(8)4)14(16)17/h6,9,15H,5,7H2,1-4H3/p+1. The number of ether oxygens (including phenoxy) is 1. The van der Waals surface area contributed by atoms with Gasteiger partial charge in [-0.15, -0.1) is 0 Å². The van der Waals surface area contributed by atoms with Crippen molar-refractivity contribution in [3.63, 3.8) is 0 Å². The predicted molar refractivity (Wildman–Crippen MR) is 66.2 cm³/mol. The van der Waals surface area contributed by atoms with Crippen molar-refractivity contribution >= 4 is 5.95 Å². The molecular weight excluding hydrogens is 238 g/mol. The maximum Gasteiger partial charge on any atom is 0.434 e. The van der Waals surface area contributed by atoms with Crippen LogP contribution in [0.15, 0.2) is 6.20 Å². The summed E-state index contributed by atoms with van der Waals surface area (Å²) in [7, 11) is 1.52. The second-order valence-electron chi connectivity index (χ2n) is 4.89. The van der Waals surface area contributed by atoms with Crippen molar-refractivity contribution in [2.45, 2.75) is 26.9 Å². The van der Waals surface area contributed by atoms with Crippen molar-refractivity contribution in [2.24, 2.45) is 12.5 Å². The number of nitro groups is 1. The zero-order valence-electron chi connectivity index (χ0n) is 11.1. The average Bonchev–Trinajstić information content (AvgIpc) is 2.67. The van der Waals surface area contributed by atoms with E-state index in [4.69, 9.17) is 0 Å². The largest absolute Gasteiger partial charge is 0.434 e. The van der Waals surface area contributed by atoms with Gasteiger partial charge in [0.15, 0.2) is 6.61 Å². The third-order valence-corrected chi connectivity index (χ3v) is 2.93. The lowest BCUT2D eigenvalue weighted by Gasteiger charge is -2.26. The molecule has 2 N–H and O–H groups in total. The van der Waals surface area contributed by atoms with Gasteiger partial charge in [0, 0.05) is 6.92 Å². The third kappa shape index (κ3) is 2.85. The molecule has 1 aromatic rings. The van der Waals surface area contributed by atoms with Crippen molar-refractivity contribution in [1.82, 2.24) is 9.55 Å². The first-order chi connectivity index (χ1) is 8.31. The van der Waals surface area contributed by atoms with E-state index in [1.54, 1.807) is 0 Å². The fourth-order valence-electron chi connectivity index (χ4n) is 1.72. The summed E-state index contributed by atoms with van der Waals surface area (Å²) in [6, 6.07) is 0. The lowest BCUT2D eigenvalue weighted by molar-refractivity contribution is -0.396. The SMILES string of the molecule is CC[OH+]CC(C)(C)C(O)c1cnc([N+](=O)[O-])n1C. The molecule has 1 heterocycles. The molecule has 0 amide bonds. The molecule has 0 aromatic carbocycles. The Kier molecular flexibility index (Phi) is 4.42.